The van der Waals surface area contributed by atoms with Crippen molar-refractivity contribution in [1.29, 1.82) is 0 Å². The first kappa shape index (κ1) is 16.2. The lowest BCUT2D eigenvalue weighted by molar-refractivity contribution is -0.386. The second kappa shape index (κ2) is 6.73. The smallest absolute Gasteiger partial charge is 0.334 e. The lowest BCUT2D eigenvalue weighted by Crippen LogP contribution is -2.23. The van der Waals surface area contributed by atoms with E-state index in [2.05, 4.69) is 17.2 Å². The summed E-state index contributed by atoms with van der Waals surface area (Å²) in [5.74, 6) is -0.424. The van der Waals surface area contributed by atoms with Gasteiger partial charge in [-0.25, -0.2) is 4.39 Å². The highest BCUT2D eigenvalue weighted by Gasteiger charge is 2.14. The van der Waals surface area contributed by atoms with Crippen molar-refractivity contribution in [2.24, 2.45) is 0 Å². The summed E-state index contributed by atoms with van der Waals surface area (Å²) in [6, 6.07) is 6.71. The molecule has 1 aromatic heterocycles. The van der Waals surface area contributed by atoms with Crippen molar-refractivity contribution in [3.63, 3.8) is 0 Å². The van der Waals surface area contributed by atoms with Gasteiger partial charge in [0.25, 0.3) is 0 Å². The van der Waals surface area contributed by atoms with Crippen LogP contribution in [0.5, 0.6) is 0 Å². The average Bonchev–Trinajstić information content (AvgIpc) is 2.49. The Labute approximate surface area is 131 Å². The summed E-state index contributed by atoms with van der Waals surface area (Å²) in [6.45, 7) is 3.79. The zero-order chi connectivity index (χ0) is 17.0. The minimum Gasteiger partial charge on any atom is -0.386 e. The molecule has 0 unspecified atom stereocenters. The van der Waals surface area contributed by atoms with Gasteiger partial charge in [0.2, 0.25) is 0 Å². The first-order valence-electron chi connectivity index (χ1n) is 6.68. The molecule has 0 radical (unpaired) electrons. The summed E-state index contributed by atoms with van der Waals surface area (Å²) in [6.07, 6.45) is 1.42. The van der Waals surface area contributed by atoms with Gasteiger partial charge in [0.05, 0.1) is 22.8 Å². The molecule has 0 amide bonds. The second-order valence-corrected chi connectivity index (χ2v) is 4.75. The number of rotatable bonds is 6. The van der Waals surface area contributed by atoms with E-state index in [0.717, 1.165) is 10.6 Å². The minimum absolute atomic E-state index is 0.0141. The van der Waals surface area contributed by atoms with E-state index in [1.165, 1.54) is 24.4 Å². The van der Waals surface area contributed by atoms with Crippen LogP contribution in [0.2, 0.25) is 0 Å². The van der Waals surface area contributed by atoms with Crippen LogP contribution in [-0.4, -0.2) is 16.5 Å². The van der Waals surface area contributed by atoms with Crippen molar-refractivity contribution >= 4 is 17.1 Å². The first-order chi connectivity index (χ1) is 10.9. The van der Waals surface area contributed by atoms with Crippen LogP contribution in [0.15, 0.2) is 53.6 Å². The van der Waals surface area contributed by atoms with Gasteiger partial charge in [0.1, 0.15) is 5.82 Å². The quantitative estimate of drug-likeness (QED) is 0.631. The second-order valence-electron chi connectivity index (χ2n) is 4.75. The summed E-state index contributed by atoms with van der Waals surface area (Å²) in [7, 11) is 1.69. The number of halogens is 1. The van der Waals surface area contributed by atoms with Crippen molar-refractivity contribution in [1.82, 2.24) is 4.57 Å². The average molecular weight is 318 g/mol. The highest BCUT2D eigenvalue weighted by atomic mass is 19.1. The topological polar surface area (TPSA) is 89.2 Å². The highest BCUT2D eigenvalue weighted by Crippen LogP contribution is 2.23. The van der Waals surface area contributed by atoms with E-state index in [1.807, 2.05) is 0 Å². The number of nitro groups is 1. The lowest BCUT2D eigenvalue weighted by atomic mass is 10.2. The summed E-state index contributed by atoms with van der Waals surface area (Å²) in [4.78, 5) is 22.0. The Bertz CT molecular complexity index is 817. The third-order valence-electron chi connectivity index (χ3n) is 3.12. The Morgan fingerprint density at radius 2 is 2.13 bits per heavy atom. The van der Waals surface area contributed by atoms with Crippen molar-refractivity contribution in [3.8, 4) is 0 Å². The molecule has 0 saturated carbocycles. The maximum Gasteiger partial charge on any atom is 0.334 e. The van der Waals surface area contributed by atoms with Crippen LogP contribution in [0.4, 0.5) is 21.5 Å². The fourth-order valence-electron chi connectivity index (χ4n) is 2.06. The number of pyridine rings is 1. The number of hydrogen-bond donors (Lipinski definition) is 2. The molecule has 8 heteroatoms. The SMILES string of the molecule is C=C(Cn1cccc([N+](=O)[O-])c1=O)Nc1cc(F)ccc1NC. The van der Waals surface area contributed by atoms with Gasteiger partial charge in [-0.3, -0.25) is 14.9 Å². The lowest BCUT2D eigenvalue weighted by Gasteiger charge is -2.14. The van der Waals surface area contributed by atoms with Gasteiger partial charge in [-0.15, -0.1) is 0 Å². The Hall–Kier alpha value is -3.16. The molecule has 7 nitrogen and oxygen atoms in total. The third-order valence-corrected chi connectivity index (χ3v) is 3.12. The van der Waals surface area contributed by atoms with E-state index in [9.17, 15) is 19.3 Å². The number of nitrogens with one attached hydrogen (secondary N) is 2. The molecule has 1 aromatic carbocycles. The molecule has 0 aliphatic rings. The minimum atomic E-state index is -0.735. The molecular weight excluding hydrogens is 303 g/mol. The maximum absolute atomic E-state index is 13.3. The molecule has 1 heterocycles. The maximum atomic E-state index is 13.3. The Morgan fingerprint density at radius 1 is 1.39 bits per heavy atom. The van der Waals surface area contributed by atoms with Crippen LogP contribution in [0.1, 0.15) is 0 Å². The predicted molar refractivity (Wildman–Crippen MR) is 86.1 cm³/mol. The fourth-order valence-corrected chi connectivity index (χ4v) is 2.06. The molecule has 0 aliphatic carbocycles. The van der Waals surface area contributed by atoms with E-state index in [-0.39, 0.29) is 6.54 Å². The Morgan fingerprint density at radius 3 is 2.78 bits per heavy atom. The molecular formula is C15H15FN4O3. The molecule has 0 bridgehead atoms. The molecule has 0 saturated heterocycles. The fraction of sp³-hybridized carbons (Fsp3) is 0.133. The van der Waals surface area contributed by atoms with Gasteiger partial charge in [0, 0.05) is 25.0 Å². The molecule has 0 fully saturated rings. The van der Waals surface area contributed by atoms with Crippen LogP contribution in [0.25, 0.3) is 0 Å². The predicted octanol–water partition coefficient (Wildman–Crippen LogP) is 2.56. The monoisotopic (exact) mass is 318 g/mol. The van der Waals surface area contributed by atoms with Crippen LogP contribution >= 0.6 is 0 Å². The Balaban J connectivity index is 2.21. The number of nitrogens with zero attached hydrogens (tertiary/aromatic N) is 2. The summed E-state index contributed by atoms with van der Waals surface area (Å²) >= 11 is 0. The largest absolute Gasteiger partial charge is 0.386 e. The molecule has 23 heavy (non-hydrogen) atoms. The first-order valence-corrected chi connectivity index (χ1v) is 6.68. The van der Waals surface area contributed by atoms with E-state index in [0.29, 0.717) is 17.1 Å². The van der Waals surface area contributed by atoms with E-state index in [1.54, 1.807) is 13.1 Å². The Kier molecular flexibility index (Phi) is 4.75. The summed E-state index contributed by atoms with van der Waals surface area (Å²) < 4.78 is 14.5. The van der Waals surface area contributed by atoms with Crippen LogP contribution < -0.4 is 16.2 Å². The van der Waals surface area contributed by atoms with Gasteiger partial charge < -0.3 is 15.2 Å². The number of anilines is 2. The van der Waals surface area contributed by atoms with Gasteiger partial charge in [-0.2, -0.15) is 0 Å². The van der Waals surface area contributed by atoms with Gasteiger partial charge in [-0.1, -0.05) is 6.58 Å². The van der Waals surface area contributed by atoms with Crippen molar-refractivity contribution in [2.45, 2.75) is 6.54 Å². The highest BCUT2D eigenvalue weighted by molar-refractivity contribution is 5.70. The molecule has 0 spiro atoms. The summed E-state index contributed by atoms with van der Waals surface area (Å²) in [5.41, 5.74) is 0.250. The molecule has 0 aliphatic heterocycles. The standard InChI is InChI=1S/C15H15FN4O3/c1-10(18-13-8-11(16)5-6-12(13)17-2)9-19-7-3-4-14(15(19)21)20(22)23/h3-8,17-18H,1,9H2,2H3. The summed E-state index contributed by atoms with van der Waals surface area (Å²) in [5, 5.41) is 16.6. The zero-order valence-electron chi connectivity index (χ0n) is 12.4. The van der Waals surface area contributed by atoms with Gasteiger partial charge >= 0.3 is 11.2 Å². The molecule has 120 valence electrons. The molecule has 0 atom stereocenters. The van der Waals surface area contributed by atoms with Gasteiger partial charge in [-0.05, 0) is 24.3 Å². The van der Waals surface area contributed by atoms with Crippen molar-refractivity contribution in [2.75, 3.05) is 17.7 Å². The van der Waals surface area contributed by atoms with Crippen LogP contribution in [0, 0.1) is 15.9 Å². The van der Waals surface area contributed by atoms with Crippen molar-refractivity contribution < 1.29 is 9.31 Å². The van der Waals surface area contributed by atoms with Crippen LogP contribution in [-0.2, 0) is 6.54 Å². The van der Waals surface area contributed by atoms with Crippen LogP contribution in [0.3, 0.4) is 0 Å². The molecule has 2 rings (SSSR count). The zero-order valence-corrected chi connectivity index (χ0v) is 12.4. The normalized spacial score (nSPS) is 10.2. The molecule has 2 aromatic rings. The van der Waals surface area contributed by atoms with E-state index in [4.69, 9.17) is 0 Å². The number of benzene rings is 1. The third kappa shape index (κ3) is 3.73. The number of allylic oxidation sites excluding steroid dienone is 1. The number of hydrogen-bond acceptors (Lipinski definition) is 5. The van der Waals surface area contributed by atoms with Gasteiger partial charge in [0.15, 0.2) is 0 Å². The van der Waals surface area contributed by atoms with E-state index >= 15 is 0 Å². The van der Waals surface area contributed by atoms with Crippen molar-refractivity contribution in [3.05, 3.63) is 75.1 Å². The van der Waals surface area contributed by atoms with E-state index < -0.39 is 22.0 Å². The molecule has 2 N–H and O–H groups in total. The number of aromatic nitrogens is 1.